The minimum absolute atomic E-state index is 0.0632. The van der Waals surface area contributed by atoms with Gasteiger partial charge in [0.2, 0.25) is 0 Å². The van der Waals surface area contributed by atoms with Crippen LogP contribution in [0.25, 0.3) is 5.65 Å². The predicted molar refractivity (Wildman–Crippen MR) is 88.2 cm³/mol. The number of hydrogen-bond donors (Lipinski definition) is 1. The van der Waals surface area contributed by atoms with Crippen molar-refractivity contribution in [2.24, 2.45) is 5.92 Å². The zero-order valence-corrected chi connectivity index (χ0v) is 13.6. The maximum atomic E-state index is 13.0. The van der Waals surface area contributed by atoms with Crippen molar-refractivity contribution >= 4 is 11.6 Å². The number of rotatable bonds is 1. The van der Waals surface area contributed by atoms with Crippen LogP contribution < -0.4 is 5.56 Å². The molecule has 0 spiro atoms. The summed E-state index contributed by atoms with van der Waals surface area (Å²) in [6.45, 7) is 2.52. The van der Waals surface area contributed by atoms with E-state index in [0.29, 0.717) is 12.5 Å². The van der Waals surface area contributed by atoms with E-state index in [1.54, 1.807) is 6.07 Å². The summed E-state index contributed by atoms with van der Waals surface area (Å²) >= 11 is 0. The van der Waals surface area contributed by atoms with E-state index in [0.717, 1.165) is 25.9 Å². The van der Waals surface area contributed by atoms with Crippen LogP contribution in [0.5, 0.6) is 5.75 Å². The van der Waals surface area contributed by atoms with Gasteiger partial charge in [0.05, 0.1) is 0 Å². The van der Waals surface area contributed by atoms with Gasteiger partial charge in [-0.3, -0.25) is 14.0 Å². The average molecular weight is 328 g/mol. The van der Waals surface area contributed by atoms with E-state index in [4.69, 9.17) is 0 Å². The van der Waals surface area contributed by atoms with Crippen LogP contribution in [0.2, 0.25) is 0 Å². The van der Waals surface area contributed by atoms with Crippen LogP contribution in [0.3, 0.4) is 0 Å². The van der Waals surface area contributed by atoms with Gasteiger partial charge in [0.15, 0.2) is 11.4 Å². The zero-order valence-electron chi connectivity index (χ0n) is 13.6. The van der Waals surface area contributed by atoms with Gasteiger partial charge in [-0.05, 0) is 37.9 Å². The van der Waals surface area contributed by atoms with E-state index < -0.39 is 5.56 Å². The lowest BCUT2D eigenvalue weighted by Crippen LogP contribution is -2.48. The Bertz CT molecular complexity index is 863. The predicted octanol–water partition coefficient (Wildman–Crippen LogP) is 0.566. The molecule has 1 N–H and O–H groups in total. The summed E-state index contributed by atoms with van der Waals surface area (Å²) in [7, 11) is 2.08. The van der Waals surface area contributed by atoms with E-state index in [1.165, 1.54) is 22.9 Å². The summed E-state index contributed by atoms with van der Waals surface area (Å²) in [5.74, 6) is 0.122. The number of likely N-dealkylation sites (N-methyl/N-ethyl adjacent to an activating group) is 1. The fourth-order valence-electron chi connectivity index (χ4n) is 3.96. The molecule has 2 aromatic heterocycles. The zero-order chi connectivity index (χ0) is 16.8. The van der Waals surface area contributed by atoms with Crippen LogP contribution >= 0.6 is 0 Å². The second kappa shape index (κ2) is 5.59. The highest BCUT2D eigenvalue weighted by molar-refractivity contribution is 5.94. The minimum atomic E-state index is -0.436. The van der Waals surface area contributed by atoms with E-state index in [-0.39, 0.29) is 28.9 Å². The second-order valence-electron chi connectivity index (χ2n) is 6.84. The van der Waals surface area contributed by atoms with Crippen LogP contribution in [0.4, 0.5) is 0 Å². The Balaban J connectivity index is 1.74. The van der Waals surface area contributed by atoms with Crippen molar-refractivity contribution in [1.82, 2.24) is 19.2 Å². The van der Waals surface area contributed by atoms with Gasteiger partial charge >= 0.3 is 0 Å². The van der Waals surface area contributed by atoms with Crippen molar-refractivity contribution in [2.75, 3.05) is 26.7 Å². The molecule has 126 valence electrons. The number of pyridine rings is 1. The summed E-state index contributed by atoms with van der Waals surface area (Å²) < 4.78 is 1.23. The maximum Gasteiger partial charge on any atom is 0.270 e. The van der Waals surface area contributed by atoms with Crippen molar-refractivity contribution in [2.45, 2.75) is 18.9 Å². The normalized spacial score (nSPS) is 24.3. The van der Waals surface area contributed by atoms with Crippen LogP contribution in [0.15, 0.2) is 29.3 Å². The van der Waals surface area contributed by atoms with Crippen LogP contribution in [-0.4, -0.2) is 62.9 Å². The Kier molecular flexibility index (Phi) is 3.53. The topological polar surface area (TPSA) is 78.2 Å². The third kappa shape index (κ3) is 2.36. The Morgan fingerprint density at radius 1 is 1.29 bits per heavy atom. The second-order valence-corrected chi connectivity index (χ2v) is 6.84. The molecule has 2 atom stereocenters. The number of piperidine rings is 1. The molecule has 0 saturated carbocycles. The molecule has 24 heavy (non-hydrogen) atoms. The number of carbonyl (C=O) groups is 1. The quantitative estimate of drug-likeness (QED) is 0.828. The van der Waals surface area contributed by atoms with Crippen molar-refractivity contribution in [3.05, 3.63) is 40.4 Å². The number of aromatic hydroxyl groups is 1. The van der Waals surface area contributed by atoms with E-state index in [2.05, 4.69) is 16.9 Å². The molecule has 3 saturated heterocycles. The summed E-state index contributed by atoms with van der Waals surface area (Å²) in [6.07, 6.45) is 4.91. The lowest BCUT2D eigenvalue weighted by atomic mass is 9.94. The van der Waals surface area contributed by atoms with E-state index in [1.807, 2.05) is 4.90 Å². The molecule has 2 bridgehead atoms. The molecule has 0 radical (unpaired) electrons. The maximum absolute atomic E-state index is 13.0. The Morgan fingerprint density at radius 3 is 2.96 bits per heavy atom. The molecule has 0 aromatic carbocycles. The molecule has 0 aliphatic carbocycles. The molecule has 3 aliphatic rings. The number of hydrogen-bond acceptors (Lipinski definition) is 5. The smallest absolute Gasteiger partial charge is 0.270 e. The number of fused-ring (bicyclic) bond motifs is 5. The van der Waals surface area contributed by atoms with Gasteiger partial charge in [-0.15, -0.1) is 0 Å². The first kappa shape index (κ1) is 15.1. The highest BCUT2D eigenvalue weighted by Crippen LogP contribution is 2.28. The molecule has 3 fully saturated rings. The summed E-state index contributed by atoms with van der Waals surface area (Å²) in [5.41, 5.74) is -0.209. The molecule has 7 nitrogen and oxygen atoms in total. The van der Waals surface area contributed by atoms with Crippen molar-refractivity contribution in [3.8, 4) is 5.75 Å². The Hall–Kier alpha value is -2.41. The molecule has 3 aliphatic heterocycles. The largest absolute Gasteiger partial charge is 0.504 e. The number of aromatic nitrogens is 2. The van der Waals surface area contributed by atoms with E-state index >= 15 is 0 Å². The number of amides is 1. The third-order valence-corrected chi connectivity index (χ3v) is 5.10. The van der Waals surface area contributed by atoms with Crippen molar-refractivity contribution in [1.29, 1.82) is 0 Å². The Labute approximate surface area is 139 Å². The SMILES string of the molecule is CN1C[C@@H]2CC[C@H](C1)N(C(=O)c1cnc3c(O)cccn3c1=O)C2. The van der Waals surface area contributed by atoms with Crippen molar-refractivity contribution in [3.63, 3.8) is 0 Å². The standard InChI is InChI=1S/C17H20N4O3/c1-19-8-11-4-5-12(10-19)21(9-11)17(24)13-7-18-15-14(22)3-2-6-20(15)16(13)23/h2-3,6-7,11-12,22H,4-5,8-10H2,1H3/t11-,12+/m0/s1. The number of nitrogens with zero attached hydrogens (tertiary/aromatic N) is 4. The van der Waals surface area contributed by atoms with Gasteiger partial charge < -0.3 is 14.9 Å². The summed E-state index contributed by atoms with van der Waals surface area (Å²) in [4.78, 5) is 33.9. The fraction of sp³-hybridized carbons (Fsp3) is 0.471. The molecule has 7 heteroatoms. The van der Waals surface area contributed by atoms with E-state index in [9.17, 15) is 14.7 Å². The van der Waals surface area contributed by atoms with Gasteiger partial charge in [0.1, 0.15) is 5.56 Å². The van der Waals surface area contributed by atoms with Crippen LogP contribution in [0.1, 0.15) is 23.2 Å². The van der Waals surface area contributed by atoms with Crippen LogP contribution in [-0.2, 0) is 0 Å². The first-order valence-electron chi connectivity index (χ1n) is 8.23. The monoisotopic (exact) mass is 328 g/mol. The van der Waals surface area contributed by atoms with Gasteiger partial charge in [-0.2, -0.15) is 0 Å². The molecule has 5 heterocycles. The highest BCUT2D eigenvalue weighted by Gasteiger charge is 2.37. The molecule has 1 amide bonds. The minimum Gasteiger partial charge on any atom is -0.504 e. The molecular formula is C17H20N4O3. The van der Waals surface area contributed by atoms with Gasteiger partial charge in [0.25, 0.3) is 11.5 Å². The van der Waals surface area contributed by atoms with Gasteiger partial charge in [0, 0.05) is 38.1 Å². The molecule has 2 aromatic rings. The highest BCUT2D eigenvalue weighted by atomic mass is 16.3. The number of carbonyl (C=O) groups excluding carboxylic acids is 1. The van der Waals surface area contributed by atoms with Gasteiger partial charge in [-0.1, -0.05) is 0 Å². The van der Waals surface area contributed by atoms with Crippen molar-refractivity contribution < 1.29 is 9.90 Å². The lowest BCUT2D eigenvalue weighted by molar-refractivity contribution is 0.0584. The Morgan fingerprint density at radius 2 is 2.12 bits per heavy atom. The van der Waals surface area contributed by atoms with Gasteiger partial charge in [-0.25, -0.2) is 4.98 Å². The summed E-state index contributed by atoms with van der Waals surface area (Å²) in [6, 6.07) is 3.17. The molecule has 0 unspecified atom stereocenters. The van der Waals surface area contributed by atoms with Crippen LogP contribution in [0, 0.1) is 5.92 Å². The first-order chi connectivity index (χ1) is 11.5. The summed E-state index contributed by atoms with van der Waals surface area (Å²) in [5, 5.41) is 9.80. The third-order valence-electron chi connectivity index (χ3n) is 5.10. The first-order valence-corrected chi connectivity index (χ1v) is 8.23. The fourth-order valence-corrected chi connectivity index (χ4v) is 3.96. The lowest BCUT2D eigenvalue weighted by Gasteiger charge is -2.36. The average Bonchev–Trinajstić information content (AvgIpc) is 2.84. The molecule has 5 rings (SSSR count). The molecular weight excluding hydrogens is 308 g/mol.